The fourth-order valence-electron chi connectivity index (χ4n) is 2.10. The molecule has 0 aromatic heterocycles. The van der Waals surface area contributed by atoms with Crippen LogP contribution in [0, 0.1) is 0 Å². The van der Waals surface area contributed by atoms with Crippen molar-refractivity contribution >= 4 is 34.8 Å². The summed E-state index contributed by atoms with van der Waals surface area (Å²) in [5.74, 6) is -0.730. The quantitative estimate of drug-likeness (QED) is 0.718. The molecule has 25 heavy (non-hydrogen) atoms. The second-order valence-electron chi connectivity index (χ2n) is 4.87. The van der Waals surface area contributed by atoms with Crippen molar-refractivity contribution in [1.82, 2.24) is 0 Å². The molecule has 1 amide bonds. The van der Waals surface area contributed by atoms with Crippen molar-refractivity contribution in [1.29, 1.82) is 0 Å². The average Bonchev–Trinajstić information content (AvgIpc) is 2.52. The second-order valence-corrected chi connectivity index (χ2v) is 5.72. The lowest BCUT2D eigenvalue weighted by Crippen LogP contribution is -2.26. The van der Waals surface area contributed by atoms with Gasteiger partial charge in [0.2, 0.25) is 0 Å². The summed E-state index contributed by atoms with van der Waals surface area (Å²) in [5, 5.41) is 0.414. The molecule has 0 aliphatic heterocycles. The van der Waals surface area contributed by atoms with Crippen LogP contribution < -0.4 is 14.4 Å². The molecule has 9 heteroatoms. The van der Waals surface area contributed by atoms with Crippen LogP contribution in [0.25, 0.3) is 0 Å². The highest BCUT2D eigenvalue weighted by atomic mass is 35.5. The Morgan fingerprint density at radius 3 is 2.24 bits per heavy atom. The first-order valence-electron chi connectivity index (χ1n) is 6.79. The first-order chi connectivity index (χ1) is 11.6. The molecule has 0 fully saturated rings. The summed E-state index contributed by atoms with van der Waals surface area (Å²) in [7, 11) is 2.81. The lowest BCUT2D eigenvalue weighted by Gasteiger charge is -2.20. The Morgan fingerprint density at radius 2 is 1.72 bits per heavy atom. The molecule has 0 heterocycles. The normalized spacial score (nSPS) is 11.2. The fourth-order valence-corrected chi connectivity index (χ4v) is 2.67. The molecule has 2 rings (SSSR count). The minimum atomic E-state index is -4.78. The van der Waals surface area contributed by atoms with E-state index in [1.54, 1.807) is 0 Å². The minimum absolute atomic E-state index is 0.123. The molecule has 0 unspecified atom stereocenters. The lowest BCUT2D eigenvalue weighted by atomic mass is 10.1. The molecular formula is C16H12Cl2F3NO3. The van der Waals surface area contributed by atoms with Gasteiger partial charge in [0.25, 0.3) is 5.91 Å². The topological polar surface area (TPSA) is 38.8 Å². The van der Waals surface area contributed by atoms with Crippen molar-refractivity contribution in [2.45, 2.75) is 6.36 Å². The number of hydrogen-bond acceptors (Lipinski definition) is 3. The van der Waals surface area contributed by atoms with Crippen LogP contribution in [0.2, 0.25) is 10.0 Å². The van der Waals surface area contributed by atoms with E-state index in [0.29, 0.717) is 5.69 Å². The van der Waals surface area contributed by atoms with Gasteiger partial charge in [-0.3, -0.25) is 4.79 Å². The number of benzene rings is 2. The van der Waals surface area contributed by atoms with Gasteiger partial charge in [-0.15, -0.1) is 13.2 Å². The Kier molecular flexibility index (Phi) is 5.69. The highest BCUT2D eigenvalue weighted by molar-refractivity contribution is 6.36. The van der Waals surface area contributed by atoms with E-state index in [1.807, 2.05) is 0 Å². The third-order valence-corrected chi connectivity index (χ3v) is 3.70. The molecule has 2 aromatic rings. The minimum Gasteiger partial charge on any atom is -0.494 e. The number of amides is 1. The van der Waals surface area contributed by atoms with E-state index in [2.05, 4.69) is 4.74 Å². The number of halogens is 5. The number of nitrogens with zero attached hydrogens (tertiary/aromatic N) is 1. The smallest absolute Gasteiger partial charge is 0.494 e. The fraction of sp³-hybridized carbons (Fsp3) is 0.188. The molecular weight excluding hydrogens is 382 g/mol. The van der Waals surface area contributed by atoms with Gasteiger partial charge in [0.15, 0.2) is 0 Å². The molecule has 0 atom stereocenters. The first-order valence-corrected chi connectivity index (χ1v) is 7.55. The number of rotatable bonds is 4. The number of alkyl halides is 3. The van der Waals surface area contributed by atoms with Gasteiger partial charge in [-0.05, 0) is 36.4 Å². The van der Waals surface area contributed by atoms with Crippen LogP contribution in [0.3, 0.4) is 0 Å². The summed E-state index contributed by atoms with van der Waals surface area (Å²) >= 11 is 11.9. The number of anilines is 1. The maximum atomic E-state index is 12.7. The zero-order valence-electron chi connectivity index (χ0n) is 13.0. The maximum Gasteiger partial charge on any atom is 0.573 e. The summed E-state index contributed by atoms with van der Waals surface area (Å²) in [6.07, 6.45) is -4.78. The summed E-state index contributed by atoms with van der Waals surface area (Å²) < 4.78 is 45.5. The molecule has 0 N–H and O–H groups in total. The zero-order valence-corrected chi connectivity index (χ0v) is 14.5. The van der Waals surface area contributed by atoms with Gasteiger partial charge < -0.3 is 14.4 Å². The molecule has 0 aliphatic carbocycles. The van der Waals surface area contributed by atoms with Crippen LogP contribution >= 0.6 is 23.2 Å². The van der Waals surface area contributed by atoms with E-state index in [9.17, 15) is 18.0 Å². The number of carbonyl (C=O) groups excluding carboxylic acids is 1. The van der Waals surface area contributed by atoms with Crippen molar-refractivity contribution in [2.75, 3.05) is 19.1 Å². The van der Waals surface area contributed by atoms with Crippen LogP contribution in [0.15, 0.2) is 36.4 Å². The SMILES string of the molecule is COc1c(Cl)cc(Cl)cc1C(=O)N(C)c1ccc(OC(F)(F)F)cc1. The van der Waals surface area contributed by atoms with E-state index in [1.165, 1.54) is 43.3 Å². The van der Waals surface area contributed by atoms with Crippen molar-refractivity contribution < 1.29 is 27.4 Å². The standard InChI is InChI=1S/C16H12Cl2F3NO3/c1-22(10-3-5-11(6-4-10)25-16(19,20)21)15(23)12-7-9(17)8-13(18)14(12)24-2/h3-8H,1-2H3. The van der Waals surface area contributed by atoms with Crippen LogP contribution in [0.4, 0.5) is 18.9 Å². The van der Waals surface area contributed by atoms with Crippen LogP contribution in [-0.2, 0) is 0 Å². The summed E-state index contributed by atoms with van der Waals surface area (Å²) in [6.45, 7) is 0. The van der Waals surface area contributed by atoms with E-state index < -0.39 is 12.3 Å². The van der Waals surface area contributed by atoms with Crippen molar-refractivity contribution in [3.8, 4) is 11.5 Å². The van der Waals surface area contributed by atoms with Gasteiger partial charge in [-0.2, -0.15) is 0 Å². The van der Waals surface area contributed by atoms with Gasteiger partial charge in [-0.25, -0.2) is 0 Å². The average molecular weight is 394 g/mol. The predicted molar refractivity (Wildman–Crippen MR) is 88.9 cm³/mol. The Labute approximate surface area is 151 Å². The Morgan fingerprint density at radius 1 is 1.12 bits per heavy atom. The maximum absolute atomic E-state index is 12.7. The Hall–Kier alpha value is -2.12. The number of methoxy groups -OCH3 is 1. The predicted octanol–water partition coefficient (Wildman–Crippen LogP) is 5.18. The Balaban J connectivity index is 2.29. The van der Waals surface area contributed by atoms with Gasteiger partial charge in [0, 0.05) is 17.8 Å². The molecule has 0 saturated heterocycles. The second kappa shape index (κ2) is 7.41. The monoisotopic (exact) mass is 393 g/mol. The molecule has 0 aliphatic rings. The molecule has 4 nitrogen and oxygen atoms in total. The first kappa shape index (κ1) is 19.2. The summed E-state index contributed by atoms with van der Waals surface area (Å²) in [4.78, 5) is 13.9. The third kappa shape index (κ3) is 4.70. The van der Waals surface area contributed by atoms with E-state index >= 15 is 0 Å². The zero-order chi connectivity index (χ0) is 18.8. The number of carbonyl (C=O) groups is 1. The molecule has 2 aromatic carbocycles. The van der Waals surface area contributed by atoms with Gasteiger partial charge in [0.05, 0.1) is 17.7 Å². The molecule has 134 valence electrons. The third-order valence-electron chi connectivity index (χ3n) is 3.21. The highest BCUT2D eigenvalue weighted by Gasteiger charge is 2.31. The molecule has 0 radical (unpaired) electrons. The van der Waals surface area contributed by atoms with Crippen LogP contribution in [0.5, 0.6) is 11.5 Å². The summed E-state index contributed by atoms with van der Waals surface area (Å²) in [6, 6.07) is 7.67. The van der Waals surface area contributed by atoms with Gasteiger partial charge in [-0.1, -0.05) is 23.2 Å². The van der Waals surface area contributed by atoms with Crippen LogP contribution in [-0.4, -0.2) is 26.4 Å². The van der Waals surface area contributed by atoms with E-state index in [-0.39, 0.29) is 27.1 Å². The molecule has 0 spiro atoms. The lowest BCUT2D eigenvalue weighted by molar-refractivity contribution is -0.274. The molecule has 0 bridgehead atoms. The molecule has 0 saturated carbocycles. The van der Waals surface area contributed by atoms with Crippen molar-refractivity contribution in [3.05, 3.63) is 52.0 Å². The number of hydrogen-bond donors (Lipinski definition) is 0. The highest BCUT2D eigenvalue weighted by Crippen LogP contribution is 2.34. The van der Waals surface area contributed by atoms with Crippen molar-refractivity contribution in [2.24, 2.45) is 0 Å². The van der Waals surface area contributed by atoms with E-state index in [0.717, 1.165) is 12.1 Å². The van der Waals surface area contributed by atoms with Crippen molar-refractivity contribution in [3.63, 3.8) is 0 Å². The van der Waals surface area contributed by atoms with Gasteiger partial charge >= 0.3 is 6.36 Å². The number of ether oxygens (including phenoxy) is 2. The van der Waals surface area contributed by atoms with E-state index in [4.69, 9.17) is 27.9 Å². The van der Waals surface area contributed by atoms with Crippen LogP contribution in [0.1, 0.15) is 10.4 Å². The Bertz CT molecular complexity index is 779. The van der Waals surface area contributed by atoms with Gasteiger partial charge in [0.1, 0.15) is 11.5 Å². The largest absolute Gasteiger partial charge is 0.573 e. The summed E-state index contributed by atoms with van der Waals surface area (Å²) in [5.41, 5.74) is 0.468.